The molecule has 1 aromatic rings. The lowest BCUT2D eigenvalue weighted by Gasteiger charge is -2.29. The van der Waals surface area contributed by atoms with E-state index in [1.807, 2.05) is 0 Å². The van der Waals surface area contributed by atoms with Gasteiger partial charge in [-0.3, -0.25) is 4.90 Å². The first-order valence-electron chi connectivity index (χ1n) is 7.36. The van der Waals surface area contributed by atoms with Crippen molar-refractivity contribution in [3.8, 4) is 0 Å². The number of nitrogens with zero attached hydrogens (tertiary/aromatic N) is 1. The molecule has 0 radical (unpaired) electrons. The second-order valence-corrected chi connectivity index (χ2v) is 8.59. The van der Waals surface area contributed by atoms with Gasteiger partial charge in [0.05, 0.1) is 11.5 Å². The van der Waals surface area contributed by atoms with Gasteiger partial charge in [0.15, 0.2) is 9.84 Å². The summed E-state index contributed by atoms with van der Waals surface area (Å²) in [5.74, 6) is 1.22. The molecule has 1 fully saturated rings. The average Bonchev–Trinajstić information content (AvgIpc) is 2.71. The van der Waals surface area contributed by atoms with Crippen molar-refractivity contribution in [2.24, 2.45) is 5.92 Å². The summed E-state index contributed by atoms with van der Waals surface area (Å²) in [5.41, 5.74) is 2.52. The van der Waals surface area contributed by atoms with E-state index in [1.54, 1.807) is 0 Å². The van der Waals surface area contributed by atoms with E-state index < -0.39 is 9.84 Å². The summed E-state index contributed by atoms with van der Waals surface area (Å²) in [6.07, 6.45) is 0.779. The van der Waals surface area contributed by atoms with Crippen molar-refractivity contribution in [3.05, 3.63) is 35.4 Å². The monoisotopic (exact) mass is 295 g/mol. The van der Waals surface area contributed by atoms with Crippen molar-refractivity contribution in [2.45, 2.75) is 39.8 Å². The van der Waals surface area contributed by atoms with Crippen LogP contribution in [0.3, 0.4) is 0 Å². The smallest absolute Gasteiger partial charge is 0.151 e. The highest BCUT2D eigenvalue weighted by Crippen LogP contribution is 2.21. The molecule has 0 unspecified atom stereocenters. The Hall–Kier alpha value is -0.870. The number of rotatable bonds is 5. The molecule has 1 aliphatic heterocycles. The van der Waals surface area contributed by atoms with Crippen LogP contribution in [-0.2, 0) is 16.4 Å². The topological polar surface area (TPSA) is 37.4 Å². The minimum absolute atomic E-state index is 0.184. The van der Waals surface area contributed by atoms with E-state index in [2.05, 4.69) is 49.9 Å². The third-order valence-electron chi connectivity index (χ3n) is 3.83. The zero-order chi connectivity index (χ0) is 14.8. The normalized spacial score (nSPS) is 21.8. The Morgan fingerprint density at radius 1 is 1.25 bits per heavy atom. The molecular weight excluding hydrogens is 270 g/mol. The Morgan fingerprint density at radius 3 is 2.40 bits per heavy atom. The molecule has 4 heteroatoms. The van der Waals surface area contributed by atoms with Crippen molar-refractivity contribution in [1.82, 2.24) is 4.90 Å². The highest BCUT2D eigenvalue weighted by atomic mass is 32.2. The first kappa shape index (κ1) is 15.5. The number of benzene rings is 1. The van der Waals surface area contributed by atoms with Crippen molar-refractivity contribution in [1.29, 1.82) is 0 Å². The molecule has 3 nitrogen and oxygen atoms in total. The predicted octanol–water partition coefficient (Wildman–Crippen LogP) is 2.64. The second kappa shape index (κ2) is 6.27. The van der Waals surface area contributed by atoms with Gasteiger partial charge in [0.1, 0.15) is 0 Å². The Morgan fingerprint density at radius 2 is 1.90 bits per heavy atom. The van der Waals surface area contributed by atoms with Crippen LogP contribution in [0.25, 0.3) is 0 Å². The van der Waals surface area contributed by atoms with Gasteiger partial charge in [-0.15, -0.1) is 0 Å². The number of sulfone groups is 1. The molecule has 1 aliphatic rings. The summed E-state index contributed by atoms with van der Waals surface area (Å²) in [7, 11) is -2.82. The van der Waals surface area contributed by atoms with Gasteiger partial charge in [0.25, 0.3) is 0 Å². The van der Waals surface area contributed by atoms with Gasteiger partial charge in [-0.05, 0) is 24.8 Å². The van der Waals surface area contributed by atoms with Crippen molar-refractivity contribution in [3.63, 3.8) is 0 Å². The van der Waals surface area contributed by atoms with E-state index in [0.717, 1.165) is 19.5 Å². The van der Waals surface area contributed by atoms with Crippen LogP contribution < -0.4 is 0 Å². The Kier molecular flexibility index (Phi) is 4.86. The molecule has 112 valence electrons. The third kappa shape index (κ3) is 4.32. The van der Waals surface area contributed by atoms with Crippen LogP contribution in [0.2, 0.25) is 0 Å². The van der Waals surface area contributed by atoms with Crippen LogP contribution in [-0.4, -0.2) is 37.4 Å². The maximum Gasteiger partial charge on any atom is 0.151 e. The minimum atomic E-state index is -2.82. The van der Waals surface area contributed by atoms with E-state index in [9.17, 15) is 8.42 Å². The quantitative estimate of drug-likeness (QED) is 0.838. The van der Waals surface area contributed by atoms with Gasteiger partial charge in [0.2, 0.25) is 0 Å². The average molecular weight is 295 g/mol. The fourth-order valence-electron chi connectivity index (χ4n) is 2.80. The largest absolute Gasteiger partial charge is 0.295 e. The number of hydrogen-bond donors (Lipinski definition) is 0. The zero-order valence-electron chi connectivity index (χ0n) is 12.7. The lowest BCUT2D eigenvalue weighted by molar-refractivity contribution is 0.181. The molecule has 1 aromatic carbocycles. The Bertz CT molecular complexity index is 534. The van der Waals surface area contributed by atoms with Gasteiger partial charge < -0.3 is 0 Å². The molecule has 1 heterocycles. The Balaban J connectivity index is 2.09. The van der Waals surface area contributed by atoms with E-state index in [0.29, 0.717) is 17.4 Å². The van der Waals surface area contributed by atoms with E-state index in [-0.39, 0.29) is 6.04 Å². The Labute approximate surface area is 122 Å². The van der Waals surface area contributed by atoms with Crippen molar-refractivity contribution < 1.29 is 8.42 Å². The van der Waals surface area contributed by atoms with Crippen molar-refractivity contribution >= 4 is 9.84 Å². The van der Waals surface area contributed by atoms with Gasteiger partial charge in [-0.25, -0.2) is 8.42 Å². The lowest BCUT2D eigenvalue weighted by Crippen LogP contribution is -2.38. The van der Waals surface area contributed by atoms with Gasteiger partial charge in [-0.1, -0.05) is 43.7 Å². The SMILES string of the molecule is Cc1ccc(CN(CC(C)C)[C@H]2CCS(=O)(=O)C2)cc1. The summed E-state index contributed by atoms with van der Waals surface area (Å²) in [4.78, 5) is 2.35. The summed E-state index contributed by atoms with van der Waals surface area (Å²) in [6.45, 7) is 8.25. The molecule has 0 bridgehead atoms. The first-order chi connectivity index (χ1) is 9.35. The minimum Gasteiger partial charge on any atom is -0.295 e. The maximum absolute atomic E-state index is 11.7. The van der Waals surface area contributed by atoms with Crippen LogP contribution in [0.4, 0.5) is 0 Å². The van der Waals surface area contributed by atoms with Crippen LogP contribution in [0.5, 0.6) is 0 Å². The molecule has 1 saturated heterocycles. The second-order valence-electron chi connectivity index (χ2n) is 6.37. The summed E-state index contributed by atoms with van der Waals surface area (Å²) >= 11 is 0. The summed E-state index contributed by atoms with van der Waals surface area (Å²) in [5, 5.41) is 0. The van der Waals surface area contributed by atoms with Crippen LogP contribution >= 0.6 is 0 Å². The van der Waals surface area contributed by atoms with Gasteiger partial charge in [0, 0.05) is 19.1 Å². The molecular formula is C16H25NO2S. The molecule has 2 rings (SSSR count). The summed E-state index contributed by atoms with van der Waals surface area (Å²) in [6, 6.07) is 8.71. The molecule has 0 amide bonds. The number of aryl methyl sites for hydroxylation is 1. The molecule has 20 heavy (non-hydrogen) atoms. The van der Waals surface area contributed by atoms with E-state index >= 15 is 0 Å². The molecule has 0 spiro atoms. The van der Waals surface area contributed by atoms with Gasteiger partial charge >= 0.3 is 0 Å². The molecule has 0 saturated carbocycles. The van der Waals surface area contributed by atoms with Crippen LogP contribution in [0.1, 0.15) is 31.4 Å². The fraction of sp³-hybridized carbons (Fsp3) is 0.625. The highest BCUT2D eigenvalue weighted by molar-refractivity contribution is 7.91. The summed E-state index contributed by atoms with van der Waals surface area (Å²) < 4.78 is 23.4. The first-order valence-corrected chi connectivity index (χ1v) is 9.18. The standard InChI is InChI=1S/C16H25NO2S/c1-13(2)10-17(16-8-9-20(18,19)12-16)11-15-6-4-14(3)5-7-15/h4-7,13,16H,8-12H2,1-3H3/t16-/m0/s1. The predicted molar refractivity (Wildman–Crippen MR) is 83.5 cm³/mol. The van der Waals surface area contributed by atoms with Crippen molar-refractivity contribution in [2.75, 3.05) is 18.1 Å². The maximum atomic E-state index is 11.7. The van der Waals surface area contributed by atoms with Gasteiger partial charge in [-0.2, -0.15) is 0 Å². The molecule has 1 atom stereocenters. The lowest BCUT2D eigenvalue weighted by atomic mass is 10.1. The molecule has 0 N–H and O–H groups in total. The van der Waals surface area contributed by atoms with Crippen LogP contribution in [0.15, 0.2) is 24.3 Å². The highest BCUT2D eigenvalue weighted by Gasteiger charge is 2.32. The van der Waals surface area contributed by atoms with E-state index in [1.165, 1.54) is 11.1 Å². The zero-order valence-corrected chi connectivity index (χ0v) is 13.5. The third-order valence-corrected chi connectivity index (χ3v) is 5.58. The molecule has 0 aliphatic carbocycles. The number of hydrogen-bond acceptors (Lipinski definition) is 3. The fourth-order valence-corrected chi connectivity index (χ4v) is 4.56. The molecule has 0 aromatic heterocycles. The van der Waals surface area contributed by atoms with E-state index in [4.69, 9.17) is 0 Å². The van der Waals surface area contributed by atoms with Crippen LogP contribution in [0, 0.1) is 12.8 Å².